The van der Waals surface area contributed by atoms with Crippen molar-refractivity contribution in [2.24, 2.45) is 4.99 Å². The summed E-state index contributed by atoms with van der Waals surface area (Å²) in [5, 5.41) is 0. The number of cyclic esters (lactones) is 1. The van der Waals surface area contributed by atoms with E-state index in [2.05, 4.69) is 4.99 Å². The number of ether oxygens (including phenoxy) is 2. The maximum atomic E-state index is 13.3. The molecule has 0 amide bonds. The summed E-state index contributed by atoms with van der Waals surface area (Å²) >= 11 is 0. The van der Waals surface area contributed by atoms with Gasteiger partial charge in [-0.05, 0) is 42.0 Å². The van der Waals surface area contributed by atoms with Gasteiger partial charge < -0.3 is 9.47 Å². The van der Waals surface area contributed by atoms with E-state index in [-0.39, 0.29) is 11.6 Å². The zero-order valence-electron chi connectivity index (χ0n) is 12.7. The highest BCUT2D eigenvalue weighted by molar-refractivity contribution is 6.12. The Labute approximate surface area is 137 Å². The van der Waals surface area contributed by atoms with E-state index in [9.17, 15) is 14.0 Å². The third-order valence-corrected chi connectivity index (χ3v) is 3.12. The fourth-order valence-electron chi connectivity index (χ4n) is 2.15. The molecule has 0 N–H and O–H groups in total. The van der Waals surface area contributed by atoms with Gasteiger partial charge in [-0.3, -0.25) is 4.79 Å². The van der Waals surface area contributed by atoms with Crippen molar-refractivity contribution in [2.75, 3.05) is 0 Å². The van der Waals surface area contributed by atoms with Gasteiger partial charge in [-0.2, -0.15) is 0 Å². The minimum absolute atomic E-state index is 0.0434. The SMILES string of the molecule is CC(=O)Oc1cccc(/C=C2/N=C(c3cccc(F)c3)OC2=O)c1. The molecule has 24 heavy (non-hydrogen) atoms. The van der Waals surface area contributed by atoms with Gasteiger partial charge in [0.15, 0.2) is 5.70 Å². The maximum Gasteiger partial charge on any atom is 0.363 e. The number of hydrogen-bond acceptors (Lipinski definition) is 5. The van der Waals surface area contributed by atoms with Crippen molar-refractivity contribution in [3.8, 4) is 5.75 Å². The van der Waals surface area contributed by atoms with Crippen LogP contribution in [0.15, 0.2) is 59.2 Å². The zero-order valence-corrected chi connectivity index (χ0v) is 12.7. The van der Waals surface area contributed by atoms with Crippen LogP contribution in [-0.4, -0.2) is 17.8 Å². The maximum absolute atomic E-state index is 13.3. The predicted molar refractivity (Wildman–Crippen MR) is 84.8 cm³/mol. The van der Waals surface area contributed by atoms with Crippen LogP contribution in [-0.2, 0) is 14.3 Å². The molecule has 0 atom stereocenters. The van der Waals surface area contributed by atoms with Crippen LogP contribution in [0.4, 0.5) is 4.39 Å². The molecule has 0 saturated carbocycles. The Morgan fingerprint density at radius 1 is 1.21 bits per heavy atom. The van der Waals surface area contributed by atoms with E-state index in [0.717, 1.165) is 0 Å². The first kappa shape index (κ1) is 15.6. The molecule has 0 saturated heterocycles. The van der Waals surface area contributed by atoms with Crippen LogP contribution < -0.4 is 4.74 Å². The van der Waals surface area contributed by atoms with Crippen molar-refractivity contribution >= 4 is 23.9 Å². The van der Waals surface area contributed by atoms with E-state index in [1.54, 1.807) is 30.3 Å². The second-order valence-electron chi connectivity index (χ2n) is 5.01. The molecule has 1 aliphatic rings. The van der Waals surface area contributed by atoms with Crippen molar-refractivity contribution in [1.29, 1.82) is 0 Å². The van der Waals surface area contributed by atoms with Crippen LogP contribution >= 0.6 is 0 Å². The molecule has 0 fully saturated rings. The largest absolute Gasteiger partial charge is 0.427 e. The lowest BCUT2D eigenvalue weighted by atomic mass is 10.2. The third-order valence-electron chi connectivity index (χ3n) is 3.12. The predicted octanol–water partition coefficient (Wildman–Crippen LogP) is 3.10. The second-order valence-corrected chi connectivity index (χ2v) is 5.01. The number of benzene rings is 2. The van der Waals surface area contributed by atoms with Gasteiger partial charge in [0.2, 0.25) is 5.90 Å². The molecule has 0 spiro atoms. The molecule has 5 nitrogen and oxygen atoms in total. The van der Waals surface area contributed by atoms with E-state index >= 15 is 0 Å². The zero-order chi connectivity index (χ0) is 17.1. The quantitative estimate of drug-likeness (QED) is 0.494. The summed E-state index contributed by atoms with van der Waals surface area (Å²) < 4.78 is 23.3. The topological polar surface area (TPSA) is 65.0 Å². The molecule has 0 unspecified atom stereocenters. The molecule has 1 heterocycles. The lowest BCUT2D eigenvalue weighted by molar-refractivity contribution is -0.132. The van der Waals surface area contributed by atoms with E-state index in [1.807, 2.05) is 0 Å². The van der Waals surface area contributed by atoms with Crippen LogP contribution in [0.25, 0.3) is 6.08 Å². The molecule has 6 heteroatoms. The number of carbonyl (C=O) groups excluding carboxylic acids is 2. The van der Waals surface area contributed by atoms with Crippen molar-refractivity contribution in [1.82, 2.24) is 0 Å². The average Bonchev–Trinajstić information content (AvgIpc) is 2.88. The monoisotopic (exact) mass is 325 g/mol. The van der Waals surface area contributed by atoms with Crippen LogP contribution in [0.3, 0.4) is 0 Å². The van der Waals surface area contributed by atoms with Gasteiger partial charge in [-0.15, -0.1) is 0 Å². The highest BCUT2D eigenvalue weighted by Crippen LogP contribution is 2.21. The minimum Gasteiger partial charge on any atom is -0.427 e. The third kappa shape index (κ3) is 3.55. The number of hydrogen-bond donors (Lipinski definition) is 0. The lowest BCUT2D eigenvalue weighted by Gasteiger charge is -2.01. The number of carbonyl (C=O) groups is 2. The van der Waals surface area contributed by atoms with Gasteiger partial charge in [0, 0.05) is 12.5 Å². The van der Waals surface area contributed by atoms with Gasteiger partial charge in [0.1, 0.15) is 11.6 Å². The highest BCUT2D eigenvalue weighted by Gasteiger charge is 2.24. The van der Waals surface area contributed by atoms with Crippen LogP contribution in [0.5, 0.6) is 5.75 Å². The molecular weight excluding hydrogens is 313 g/mol. The second kappa shape index (κ2) is 6.45. The number of halogens is 1. The summed E-state index contributed by atoms with van der Waals surface area (Å²) in [6.07, 6.45) is 1.50. The summed E-state index contributed by atoms with van der Waals surface area (Å²) in [6.45, 7) is 1.30. The average molecular weight is 325 g/mol. The Hall–Kier alpha value is -3.28. The fraction of sp³-hybridized carbons (Fsp3) is 0.0556. The summed E-state index contributed by atoms with van der Waals surface area (Å²) in [6, 6.07) is 12.2. The Bertz CT molecular complexity index is 886. The summed E-state index contributed by atoms with van der Waals surface area (Å²) in [5.74, 6) is -1.11. The number of aliphatic imine (C=N–C) groups is 1. The Morgan fingerprint density at radius 3 is 2.75 bits per heavy atom. The van der Waals surface area contributed by atoms with Crippen molar-refractivity contribution in [2.45, 2.75) is 6.92 Å². The smallest absolute Gasteiger partial charge is 0.363 e. The number of nitrogens with zero attached hydrogens (tertiary/aromatic N) is 1. The number of rotatable bonds is 3. The fourth-order valence-corrected chi connectivity index (χ4v) is 2.15. The molecule has 3 rings (SSSR count). The highest BCUT2D eigenvalue weighted by atomic mass is 19.1. The molecule has 0 bridgehead atoms. The van der Waals surface area contributed by atoms with Gasteiger partial charge in [0.25, 0.3) is 0 Å². The van der Waals surface area contributed by atoms with Gasteiger partial charge in [0.05, 0.1) is 0 Å². The number of esters is 2. The summed E-state index contributed by atoms with van der Waals surface area (Å²) in [4.78, 5) is 27.0. The van der Waals surface area contributed by atoms with Crippen LogP contribution in [0, 0.1) is 5.82 Å². The van der Waals surface area contributed by atoms with E-state index in [0.29, 0.717) is 16.9 Å². The summed E-state index contributed by atoms with van der Waals surface area (Å²) in [7, 11) is 0. The van der Waals surface area contributed by atoms with Crippen molar-refractivity contribution in [3.05, 3.63) is 71.2 Å². The minimum atomic E-state index is -0.632. The Morgan fingerprint density at radius 2 is 2.00 bits per heavy atom. The van der Waals surface area contributed by atoms with E-state index in [1.165, 1.54) is 31.2 Å². The molecule has 120 valence electrons. The Kier molecular flexibility index (Phi) is 4.20. The molecule has 0 radical (unpaired) electrons. The molecule has 2 aromatic rings. The van der Waals surface area contributed by atoms with E-state index in [4.69, 9.17) is 9.47 Å². The van der Waals surface area contributed by atoms with Crippen LogP contribution in [0.2, 0.25) is 0 Å². The van der Waals surface area contributed by atoms with Crippen molar-refractivity contribution in [3.63, 3.8) is 0 Å². The first-order valence-electron chi connectivity index (χ1n) is 7.08. The normalized spacial score (nSPS) is 15.2. The van der Waals surface area contributed by atoms with Gasteiger partial charge in [-0.25, -0.2) is 14.2 Å². The molecular formula is C18H12FNO4. The molecule has 1 aliphatic heterocycles. The summed E-state index contributed by atoms with van der Waals surface area (Å²) in [5.41, 5.74) is 1.07. The first-order valence-corrected chi connectivity index (χ1v) is 7.08. The standard InChI is InChI=1S/C18H12FNO4/c1-11(21)23-15-7-2-4-12(8-15)9-16-18(22)24-17(20-16)13-5-3-6-14(19)10-13/h2-10H,1H3/b16-9+. The van der Waals surface area contributed by atoms with Gasteiger partial charge in [-0.1, -0.05) is 18.2 Å². The van der Waals surface area contributed by atoms with Crippen LogP contribution in [0.1, 0.15) is 18.1 Å². The molecule has 2 aromatic carbocycles. The Balaban J connectivity index is 1.90. The molecule has 0 aromatic heterocycles. The lowest BCUT2D eigenvalue weighted by Crippen LogP contribution is -2.05. The first-order chi connectivity index (χ1) is 11.5. The van der Waals surface area contributed by atoms with Gasteiger partial charge >= 0.3 is 11.9 Å². The molecule has 0 aliphatic carbocycles. The van der Waals surface area contributed by atoms with Crippen molar-refractivity contribution < 1.29 is 23.5 Å². The van der Waals surface area contributed by atoms with E-state index < -0.39 is 17.8 Å².